The van der Waals surface area contributed by atoms with Gasteiger partial charge in [0, 0.05) is 33.6 Å². The van der Waals surface area contributed by atoms with E-state index in [1.54, 1.807) is 12.1 Å². The number of nitrogens with zero attached hydrogens (tertiary/aromatic N) is 4. The molecule has 0 radical (unpaired) electrons. The van der Waals surface area contributed by atoms with E-state index >= 15 is 0 Å². The summed E-state index contributed by atoms with van der Waals surface area (Å²) in [6, 6.07) is 35.4. The third kappa shape index (κ3) is 4.72. The maximum atomic E-state index is 9.69. The van der Waals surface area contributed by atoms with E-state index in [0.717, 1.165) is 55.9 Å². The average Bonchev–Trinajstić information content (AvgIpc) is 3.01. The van der Waals surface area contributed by atoms with E-state index in [1.807, 2.05) is 66.7 Å². The number of azo groups is 2. The molecule has 7 heteroatoms. The molecule has 0 saturated heterocycles. The summed E-state index contributed by atoms with van der Waals surface area (Å²) in [6.45, 7) is 2.15. The fraction of sp³-hybridized carbons (Fsp3) is 0.118. The smallest absolute Gasteiger partial charge is 0.123 e. The van der Waals surface area contributed by atoms with Gasteiger partial charge in [-0.25, -0.2) is 0 Å². The van der Waals surface area contributed by atoms with E-state index in [-0.39, 0.29) is 23.9 Å². The predicted octanol–water partition coefficient (Wildman–Crippen LogP) is 9.68. The fourth-order valence-corrected chi connectivity index (χ4v) is 5.59. The quantitative estimate of drug-likeness (QED) is 0.195. The van der Waals surface area contributed by atoms with Crippen LogP contribution in [0.1, 0.15) is 35.8 Å². The Hall–Kier alpha value is -5.30. The molecule has 5 aromatic rings. The molecule has 0 bridgehead atoms. The summed E-state index contributed by atoms with van der Waals surface area (Å²) in [5, 5.41) is 37.7. The van der Waals surface area contributed by atoms with Crippen molar-refractivity contribution in [3.05, 3.63) is 132 Å². The van der Waals surface area contributed by atoms with Gasteiger partial charge in [0.25, 0.3) is 0 Å². The van der Waals surface area contributed by atoms with Gasteiger partial charge in [-0.1, -0.05) is 79.7 Å². The highest BCUT2D eigenvalue weighted by Crippen LogP contribution is 2.44. The molecule has 0 amide bonds. The lowest BCUT2D eigenvalue weighted by atomic mass is 9.84. The van der Waals surface area contributed by atoms with Crippen molar-refractivity contribution < 1.29 is 5.11 Å². The minimum atomic E-state index is -0.136. The van der Waals surface area contributed by atoms with Crippen LogP contribution in [0, 0.1) is 5.92 Å². The first kappa shape index (κ1) is 24.7. The molecular formula is C34H28N6O. The van der Waals surface area contributed by atoms with Gasteiger partial charge < -0.3 is 15.7 Å². The predicted molar refractivity (Wildman–Crippen MR) is 164 cm³/mol. The lowest BCUT2D eigenvalue weighted by Crippen LogP contribution is -2.23. The van der Waals surface area contributed by atoms with E-state index in [2.05, 4.69) is 64.2 Å². The minimum absolute atomic E-state index is 0.0905. The van der Waals surface area contributed by atoms with E-state index in [1.165, 1.54) is 0 Å². The molecule has 3 unspecified atom stereocenters. The Kier molecular flexibility index (Phi) is 6.24. The third-order valence-corrected chi connectivity index (χ3v) is 7.64. The van der Waals surface area contributed by atoms with Crippen molar-refractivity contribution in [3.63, 3.8) is 0 Å². The van der Waals surface area contributed by atoms with Gasteiger partial charge >= 0.3 is 0 Å². The summed E-state index contributed by atoms with van der Waals surface area (Å²) < 4.78 is 0. The normalized spacial score (nSPS) is 19.5. The van der Waals surface area contributed by atoms with E-state index in [4.69, 9.17) is 10.2 Å². The molecule has 41 heavy (non-hydrogen) atoms. The lowest BCUT2D eigenvalue weighted by Gasteiger charge is -2.30. The molecule has 0 saturated carbocycles. The van der Waals surface area contributed by atoms with Crippen molar-refractivity contribution in [1.29, 1.82) is 0 Å². The number of nitrogens with one attached hydrogen (secondary N) is 2. The molecular weight excluding hydrogens is 508 g/mol. The molecule has 0 spiro atoms. The number of benzene rings is 5. The summed E-state index contributed by atoms with van der Waals surface area (Å²) in [4.78, 5) is 0. The Morgan fingerprint density at radius 2 is 1.44 bits per heavy atom. The number of hydrogen-bond donors (Lipinski definition) is 3. The molecule has 200 valence electrons. The molecule has 2 aliphatic rings. The zero-order chi connectivity index (χ0) is 27.8. The van der Waals surface area contributed by atoms with Gasteiger partial charge in [-0.15, -0.1) is 0 Å². The van der Waals surface area contributed by atoms with Crippen LogP contribution in [-0.2, 0) is 0 Å². The van der Waals surface area contributed by atoms with Gasteiger partial charge in [-0.05, 0) is 53.6 Å². The first-order valence-corrected chi connectivity index (χ1v) is 13.7. The summed E-state index contributed by atoms with van der Waals surface area (Å²) in [5.74, 6) is 0.341. The Morgan fingerprint density at radius 1 is 0.683 bits per heavy atom. The Morgan fingerprint density at radius 3 is 2.27 bits per heavy atom. The van der Waals surface area contributed by atoms with Crippen LogP contribution in [-0.4, -0.2) is 5.11 Å². The molecule has 1 heterocycles. The fourth-order valence-electron chi connectivity index (χ4n) is 5.59. The van der Waals surface area contributed by atoms with Gasteiger partial charge in [-0.2, -0.15) is 20.5 Å². The largest absolute Gasteiger partial charge is 0.508 e. The van der Waals surface area contributed by atoms with Gasteiger partial charge in [0.2, 0.25) is 0 Å². The van der Waals surface area contributed by atoms with Crippen molar-refractivity contribution in [3.8, 4) is 5.75 Å². The number of aromatic hydroxyl groups is 1. The van der Waals surface area contributed by atoms with Crippen molar-refractivity contribution in [2.24, 2.45) is 26.4 Å². The molecule has 5 aromatic carbocycles. The summed E-state index contributed by atoms with van der Waals surface area (Å²) in [6.07, 6.45) is 2.02. The van der Waals surface area contributed by atoms with Gasteiger partial charge in [0.05, 0.1) is 17.1 Å². The number of rotatable bonds is 5. The average molecular weight is 537 g/mol. The van der Waals surface area contributed by atoms with Crippen molar-refractivity contribution in [2.75, 3.05) is 10.6 Å². The second-order valence-electron chi connectivity index (χ2n) is 10.4. The van der Waals surface area contributed by atoms with Crippen molar-refractivity contribution in [2.45, 2.75) is 19.1 Å². The number of phenols is 1. The van der Waals surface area contributed by atoms with Crippen LogP contribution in [0.3, 0.4) is 0 Å². The first-order chi connectivity index (χ1) is 20.1. The number of anilines is 2. The third-order valence-electron chi connectivity index (χ3n) is 7.64. The zero-order valence-corrected chi connectivity index (χ0v) is 22.4. The number of phenolic OH excluding ortho intramolecular Hbond substituents is 1. The van der Waals surface area contributed by atoms with Crippen molar-refractivity contribution in [1.82, 2.24) is 0 Å². The number of fused-ring (bicyclic) bond motifs is 1. The molecule has 1 aliphatic heterocycles. The van der Waals surface area contributed by atoms with Crippen LogP contribution in [0.5, 0.6) is 5.75 Å². The SMILES string of the molecule is CC1C=C(N=Nc2ccccc2)c2ccccc2C1N=Nc1ccc2c3c(cccc13)NC(c1ccc(O)cc1)N2. The second-order valence-corrected chi connectivity index (χ2v) is 10.4. The van der Waals surface area contributed by atoms with E-state index in [0.29, 0.717) is 0 Å². The summed E-state index contributed by atoms with van der Waals surface area (Å²) >= 11 is 0. The van der Waals surface area contributed by atoms with Crippen LogP contribution in [0.2, 0.25) is 0 Å². The van der Waals surface area contributed by atoms with Crippen LogP contribution in [0.15, 0.2) is 136 Å². The van der Waals surface area contributed by atoms with Crippen LogP contribution >= 0.6 is 0 Å². The zero-order valence-electron chi connectivity index (χ0n) is 22.4. The highest BCUT2D eigenvalue weighted by Gasteiger charge is 2.27. The monoisotopic (exact) mass is 536 g/mol. The summed E-state index contributed by atoms with van der Waals surface area (Å²) in [5.41, 5.74) is 7.70. The van der Waals surface area contributed by atoms with Gasteiger partial charge in [0.1, 0.15) is 18.0 Å². The second kappa shape index (κ2) is 10.4. The van der Waals surface area contributed by atoms with Crippen LogP contribution in [0.25, 0.3) is 16.5 Å². The Balaban J connectivity index is 1.19. The topological polar surface area (TPSA) is 93.7 Å². The maximum absolute atomic E-state index is 9.69. The Labute approximate surface area is 238 Å². The highest BCUT2D eigenvalue weighted by molar-refractivity contribution is 6.09. The van der Waals surface area contributed by atoms with Gasteiger partial charge in [-0.3, -0.25) is 0 Å². The summed E-state index contributed by atoms with van der Waals surface area (Å²) in [7, 11) is 0. The molecule has 7 nitrogen and oxygen atoms in total. The van der Waals surface area contributed by atoms with Crippen molar-refractivity contribution >= 4 is 39.2 Å². The molecule has 1 aliphatic carbocycles. The van der Waals surface area contributed by atoms with Gasteiger partial charge in [0.15, 0.2) is 0 Å². The molecule has 3 N–H and O–H groups in total. The first-order valence-electron chi connectivity index (χ1n) is 13.7. The molecule has 3 atom stereocenters. The Bertz CT molecular complexity index is 1820. The number of hydrogen-bond acceptors (Lipinski definition) is 7. The van der Waals surface area contributed by atoms with E-state index in [9.17, 15) is 5.11 Å². The molecule has 7 rings (SSSR count). The molecule has 0 aromatic heterocycles. The lowest BCUT2D eigenvalue weighted by molar-refractivity contribution is 0.475. The highest BCUT2D eigenvalue weighted by atomic mass is 16.3. The maximum Gasteiger partial charge on any atom is 0.123 e. The molecule has 0 fully saturated rings. The minimum Gasteiger partial charge on any atom is -0.508 e. The van der Waals surface area contributed by atoms with E-state index < -0.39 is 0 Å². The standard InChI is InChI=1S/C34H28N6O/c1-21-20-31(39-37-23-8-3-2-4-9-23)25-10-5-6-11-26(25)33(21)40-38-28-18-19-30-32-27(28)12-7-13-29(32)35-34(36-30)22-14-16-24(41)17-15-22/h2-21,33-36,41H,1H3. The van der Waals surface area contributed by atoms with Crippen LogP contribution < -0.4 is 10.6 Å². The van der Waals surface area contributed by atoms with Crippen LogP contribution in [0.4, 0.5) is 22.7 Å².